The molecule has 0 aromatic heterocycles. The topological polar surface area (TPSA) is 21.3 Å². The van der Waals surface area contributed by atoms with Crippen molar-refractivity contribution in [3.8, 4) is 0 Å². The Bertz CT molecular complexity index is 116. The Morgan fingerprint density at radius 2 is 2.00 bits per heavy atom. The molecule has 0 bridgehead atoms. The van der Waals surface area contributed by atoms with Crippen molar-refractivity contribution in [1.29, 1.82) is 0 Å². The van der Waals surface area contributed by atoms with E-state index in [1.807, 2.05) is 7.11 Å². The van der Waals surface area contributed by atoms with Crippen LogP contribution in [0.5, 0.6) is 0 Å². The number of rotatable bonds is 3. The van der Waals surface area contributed by atoms with Crippen molar-refractivity contribution in [2.24, 2.45) is 0 Å². The fourth-order valence-corrected chi connectivity index (χ4v) is 2.05. The predicted octanol–water partition coefficient (Wildman–Crippen LogP) is 1.94. The van der Waals surface area contributed by atoms with E-state index in [2.05, 4.69) is 12.2 Å². The van der Waals surface area contributed by atoms with Gasteiger partial charge in [0, 0.05) is 13.2 Å². The van der Waals surface area contributed by atoms with Gasteiger partial charge in [0.05, 0.1) is 6.10 Å². The Kier molecular flexibility index (Phi) is 4.62. The van der Waals surface area contributed by atoms with E-state index < -0.39 is 0 Å². The molecule has 2 heteroatoms. The van der Waals surface area contributed by atoms with Gasteiger partial charge in [-0.3, -0.25) is 0 Å². The van der Waals surface area contributed by atoms with Crippen LogP contribution in [0.25, 0.3) is 0 Å². The maximum Gasteiger partial charge on any atom is 0.0724 e. The summed E-state index contributed by atoms with van der Waals surface area (Å²) in [6.45, 7) is 3.22. The van der Waals surface area contributed by atoms with Crippen molar-refractivity contribution in [2.45, 2.75) is 51.2 Å². The van der Waals surface area contributed by atoms with Crippen LogP contribution in [0.2, 0.25) is 0 Å². The minimum atomic E-state index is 0.451. The largest absolute Gasteiger partial charge is 0.380 e. The highest BCUT2D eigenvalue weighted by molar-refractivity contribution is 4.79. The number of methoxy groups -OCH3 is 1. The zero-order chi connectivity index (χ0) is 8.81. The van der Waals surface area contributed by atoms with E-state index >= 15 is 0 Å². The molecular weight excluding hydrogens is 150 g/mol. The Hall–Kier alpha value is -0.0800. The number of ether oxygens (including phenoxy) is 1. The van der Waals surface area contributed by atoms with Gasteiger partial charge in [0.15, 0.2) is 0 Å². The maximum absolute atomic E-state index is 5.47. The third-order valence-corrected chi connectivity index (χ3v) is 2.72. The van der Waals surface area contributed by atoms with Crippen molar-refractivity contribution < 1.29 is 4.74 Å². The molecule has 1 rings (SSSR count). The first kappa shape index (κ1) is 10.0. The third-order valence-electron chi connectivity index (χ3n) is 2.72. The van der Waals surface area contributed by atoms with Crippen LogP contribution in [0.1, 0.15) is 39.0 Å². The average molecular weight is 171 g/mol. The standard InChI is InChI=1S/C10H21NO/c1-3-11-9-7-5-4-6-8-10(9)12-2/h9-11H,3-8H2,1-2H3/t9-,10+/m0/s1. The molecule has 1 aliphatic carbocycles. The molecule has 2 atom stereocenters. The maximum atomic E-state index is 5.47. The fourth-order valence-electron chi connectivity index (χ4n) is 2.05. The van der Waals surface area contributed by atoms with Crippen molar-refractivity contribution in [3.05, 3.63) is 0 Å². The van der Waals surface area contributed by atoms with Crippen molar-refractivity contribution in [2.75, 3.05) is 13.7 Å². The Labute approximate surface area is 75.7 Å². The molecule has 0 saturated heterocycles. The second-order valence-corrected chi connectivity index (χ2v) is 3.58. The van der Waals surface area contributed by atoms with E-state index in [-0.39, 0.29) is 0 Å². The van der Waals surface area contributed by atoms with Gasteiger partial charge < -0.3 is 10.1 Å². The number of hydrogen-bond acceptors (Lipinski definition) is 2. The first-order valence-electron chi connectivity index (χ1n) is 5.14. The lowest BCUT2D eigenvalue weighted by molar-refractivity contribution is 0.0638. The summed E-state index contributed by atoms with van der Waals surface area (Å²) in [7, 11) is 1.83. The monoisotopic (exact) mass is 171 g/mol. The van der Waals surface area contributed by atoms with E-state index in [0.29, 0.717) is 12.1 Å². The molecule has 0 unspecified atom stereocenters. The van der Waals surface area contributed by atoms with E-state index in [9.17, 15) is 0 Å². The van der Waals surface area contributed by atoms with E-state index in [1.54, 1.807) is 0 Å². The van der Waals surface area contributed by atoms with Gasteiger partial charge >= 0.3 is 0 Å². The van der Waals surface area contributed by atoms with Crippen LogP contribution in [0, 0.1) is 0 Å². The zero-order valence-corrected chi connectivity index (χ0v) is 8.31. The van der Waals surface area contributed by atoms with Gasteiger partial charge in [-0.05, 0) is 19.4 Å². The van der Waals surface area contributed by atoms with Crippen molar-refractivity contribution in [1.82, 2.24) is 5.32 Å². The number of likely N-dealkylation sites (N-methyl/N-ethyl adjacent to an activating group) is 1. The van der Waals surface area contributed by atoms with E-state index in [0.717, 1.165) is 6.54 Å². The Morgan fingerprint density at radius 3 is 2.67 bits per heavy atom. The lowest BCUT2D eigenvalue weighted by atomic mass is 10.1. The van der Waals surface area contributed by atoms with Gasteiger partial charge in [0.25, 0.3) is 0 Å². The predicted molar refractivity (Wildman–Crippen MR) is 51.3 cm³/mol. The van der Waals surface area contributed by atoms with Gasteiger partial charge in [0.1, 0.15) is 0 Å². The number of hydrogen-bond donors (Lipinski definition) is 1. The minimum Gasteiger partial charge on any atom is -0.380 e. The van der Waals surface area contributed by atoms with Gasteiger partial charge in [-0.1, -0.05) is 26.2 Å². The molecular formula is C10H21NO. The smallest absolute Gasteiger partial charge is 0.0724 e. The molecule has 2 nitrogen and oxygen atoms in total. The molecule has 0 aromatic rings. The van der Waals surface area contributed by atoms with E-state index in [1.165, 1.54) is 32.1 Å². The van der Waals surface area contributed by atoms with Crippen LogP contribution in [0.15, 0.2) is 0 Å². The Balaban J connectivity index is 2.39. The van der Waals surface area contributed by atoms with E-state index in [4.69, 9.17) is 4.74 Å². The third kappa shape index (κ3) is 2.76. The first-order chi connectivity index (χ1) is 5.88. The highest BCUT2D eigenvalue weighted by Gasteiger charge is 2.21. The molecule has 0 heterocycles. The van der Waals surface area contributed by atoms with Crippen LogP contribution >= 0.6 is 0 Å². The summed E-state index contributed by atoms with van der Waals surface area (Å²) in [5, 5.41) is 3.50. The summed E-state index contributed by atoms with van der Waals surface area (Å²) in [5.74, 6) is 0. The van der Waals surface area contributed by atoms with Crippen LogP contribution in [0.4, 0.5) is 0 Å². The van der Waals surface area contributed by atoms with Crippen LogP contribution in [0.3, 0.4) is 0 Å². The molecule has 0 aromatic carbocycles. The molecule has 1 aliphatic rings. The lowest BCUT2D eigenvalue weighted by Gasteiger charge is -2.24. The molecule has 0 aliphatic heterocycles. The van der Waals surface area contributed by atoms with Gasteiger partial charge in [-0.25, -0.2) is 0 Å². The SMILES string of the molecule is CCN[C@H]1CCCCC[C@H]1OC. The fraction of sp³-hybridized carbons (Fsp3) is 1.00. The summed E-state index contributed by atoms with van der Waals surface area (Å²) >= 11 is 0. The van der Waals surface area contributed by atoms with Crippen molar-refractivity contribution in [3.63, 3.8) is 0 Å². The summed E-state index contributed by atoms with van der Waals surface area (Å²) in [6, 6.07) is 0.600. The average Bonchev–Trinajstić information content (AvgIpc) is 2.30. The number of nitrogens with one attached hydrogen (secondary N) is 1. The molecule has 72 valence electrons. The molecule has 1 fully saturated rings. The first-order valence-corrected chi connectivity index (χ1v) is 5.14. The molecule has 12 heavy (non-hydrogen) atoms. The van der Waals surface area contributed by atoms with Crippen LogP contribution in [-0.4, -0.2) is 25.8 Å². The summed E-state index contributed by atoms with van der Waals surface area (Å²) in [6.07, 6.45) is 7.03. The highest BCUT2D eigenvalue weighted by Crippen LogP contribution is 2.19. The highest BCUT2D eigenvalue weighted by atomic mass is 16.5. The summed E-state index contributed by atoms with van der Waals surface area (Å²) in [4.78, 5) is 0. The normalized spacial score (nSPS) is 31.5. The van der Waals surface area contributed by atoms with Gasteiger partial charge in [-0.15, -0.1) is 0 Å². The molecule has 0 radical (unpaired) electrons. The lowest BCUT2D eigenvalue weighted by Crippen LogP contribution is -2.39. The Morgan fingerprint density at radius 1 is 1.25 bits per heavy atom. The second kappa shape index (κ2) is 5.55. The quantitative estimate of drug-likeness (QED) is 0.655. The molecule has 0 amide bonds. The van der Waals surface area contributed by atoms with Crippen LogP contribution in [-0.2, 0) is 4.74 Å². The van der Waals surface area contributed by atoms with Crippen molar-refractivity contribution >= 4 is 0 Å². The molecule has 0 spiro atoms. The molecule has 1 saturated carbocycles. The minimum absolute atomic E-state index is 0.451. The zero-order valence-electron chi connectivity index (χ0n) is 8.31. The van der Waals surface area contributed by atoms with Gasteiger partial charge in [-0.2, -0.15) is 0 Å². The summed E-state index contributed by atoms with van der Waals surface area (Å²) < 4.78 is 5.47. The summed E-state index contributed by atoms with van der Waals surface area (Å²) in [5.41, 5.74) is 0. The second-order valence-electron chi connectivity index (χ2n) is 3.58. The van der Waals surface area contributed by atoms with Gasteiger partial charge in [0.2, 0.25) is 0 Å². The van der Waals surface area contributed by atoms with Crippen LogP contribution < -0.4 is 5.32 Å². The molecule has 1 N–H and O–H groups in total.